The molecule has 9 nitrogen and oxygen atoms in total. The summed E-state index contributed by atoms with van der Waals surface area (Å²) in [6.07, 6.45) is 62.9. The van der Waals surface area contributed by atoms with Crippen molar-refractivity contribution in [2.24, 2.45) is 5.92 Å². The highest BCUT2D eigenvalue weighted by atomic mass is 16.5. The van der Waals surface area contributed by atoms with Crippen LogP contribution in [0.4, 0.5) is 0 Å². The van der Waals surface area contributed by atoms with Crippen molar-refractivity contribution < 1.29 is 38.1 Å². The van der Waals surface area contributed by atoms with E-state index >= 15 is 0 Å². The maximum atomic E-state index is 12.3. The second-order valence-electron chi connectivity index (χ2n) is 25.9. The molecule has 0 aromatic rings. The van der Waals surface area contributed by atoms with Crippen molar-refractivity contribution in [1.82, 2.24) is 4.90 Å². The molecule has 1 unspecified atom stereocenters. The van der Waals surface area contributed by atoms with E-state index in [0.29, 0.717) is 43.0 Å². The number of likely N-dealkylation sites (tertiary alicyclic amines) is 1. The molecule has 1 saturated heterocycles. The highest BCUT2D eigenvalue weighted by Crippen LogP contribution is 2.24. The van der Waals surface area contributed by atoms with Crippen molar-refractivity contribution in [2.75, 3.05) is 53.2 Å². The van der Waals surface area contributed by atoms with Crippen molar-refractivity contribution in [3.63, 3.8) is 0 Å². The molecule has 1 fully saturated rings. The van der Waals surface area contributed by atoms with Crippen LogP contribution in [0.1, 0.15) is 382 Å². The molecule has 0 amide bonds. The van der Waals surface area contributed by atoms with E-state index in [1.165, 1.54) is 212 Å². The summed E-state index contributed by atoms with van der Waals surface area (Å²) in [5, 5.41) is 0. The van der Waals surface area contributed by atoms with Crippen molar-refractivity contribution in [3.8, 4) is 0 Å². The van der Waals surface area contributed by atoms with Gasteiger partial charge in [0.25, 0.3) is 0 Å². The van der Waals surface area contributed by atoms with Crippen molar-refractivity contribution in [2.45, 2.75) is 400 Å². The summed E-state index contributed by atoms with van der Waals surface area (Å²) in [4.78, 5) is 38.7. The molecule has 1 rings (SSSR count). The van der Waals surface area contributed by atoms with Gasteiger partial charge in [-0.25, -0.2) is 4.79 Å². The van der Waals surface area contributed by atoms with Crippen LogP contribution < -0.4 is 0 Å². The molecule has 1 aliphatic heterocycles. The van der Waals surface area contributed by atoms with Gasteiger partial charge in [0.1, 0.15) is 11.9 Å². The lowest BCUT2D eigenvalue weighted by Crippen LogP contribution is -2.31. The lowest BCUT2D eigenvalue weighted by molar-refractivity contribution is -0.150. The summed E-state index contributed by atoms with van der Waals surface area (Å²) >= 11 is 0. The third-order valence-electron chi connectivity index (χ3n) is 17.6. The molecule has 1 atom stereocenters. The van der Waals surface area contributed by atoms with Gasteiger partial charge in [0, 0.05) is 58.7 Å². The van der Waals surface area contributed by atoms with Crippen molar-refractivity contribution in [1.29, 1.82) is 0 Å². The van der Waals surface area contributed by atoms with Gasteiger partial charge in [-0.15, -0.1) is 0 Å². The van der Waals surface area contributed by atoms with Gasteiger partial charge >= 0.3 is 5.97 Å². The van der Waals surface area contributed by atoms with Crippen LogP contribution in [0.3, 0.4) is 0 Å². The Morgan fingerprint density at radius 3 is 1.19 bits per heavy atom. The van der Waals surface area contributed by atoms with E-state index in [4.69, 9.17) is 23.7 Å². The van der Waals surface area contributed by atoms with E-state index in [2.05, 4.69) is 59.4 Å². The van der Waals surface area contributed by atoms with Crippen LogP contribution in [0.15, 0.2) is 5.76 Å². The fourth-order valence-electron chi connectivity index (χ4n) is 11.8. The van der Waals surface area contributed by atoms with Crippen LogP contribution in [0.25, 0.3) is 0 Å². The molecular weight excluding hydrogens is 1040 g/mol. The molecule has 0 bridgehead atoms. The number of nitrogens with zero attached hydrogens (tertiary/aromatic N) is 1. The number of Topliss-reactive ketones (excluding diaryl/α,β-unsaturated/α-hetero) is 1. The maximum absolute atomic E-state index is 12.3. The van der Waals surface area contributed by atoms with Gasteiger partial charge in [0.15, 0.2) is 11.7 Å². The first kappa shape index (κ1) is 82.2. The summed E-state index contributed by atoms with van der Waals surface area (Å²) in [5.74, 6) is 3.79. The first-order valence-electron chi connectivity index (χ1n) is 37.3. The average Bonchev–Trinajstić information content (AvgIpc) is 3.50. The Bertz CT molecular complexity index is 1360. The van der Waals surface area contributed by atoms with Crippen LogP contribution in [0.2, 0.25) is 0 Å². The Kier molecular flexibility index (Phi) is 65.8. The van der Waals surface area contributed by atoms with Gasteiger partial charge in [0.05, 0.1) is 12.2 Å². The highest BCUT2D eigenvalue weighted by molar-refractivity contribution is 5.78. The molecule has 0 saturated carbocycles. The summed E-state index contributed by atoms with van der Waals surface area (Å²) in [7, 11) is 2.17. The molecule has 84 heavy (non-hydrogen) atoms. The predicted octanol–water partition coefficient (Wildman–Crippen LogP) is 22.3. The minimum Gasteiger partial charge on any atom is -0.483 e. The Hall–Kier alpha value is -1.77. The van der Waals surface area contributed by atoms with Crippen LogP contribution in [-0.4, -0.2) is 94.1 Å². The number of unbranched alkanes of at least 4 members (excludes halogenated alkanes) is 32. The minimum atomic E-state index is 0.0532. The molecule has 498 valence electrons. The Balaban J connectivity index is 0.00000206. The van der Waals surface area contributed by atoms with Gasteiger partial charge in [0.2, 0.25) is 0 Å². The number of esters is 1. The number of piperidine rings is 1. The van der Waals surface area contributed by atoms with Gasteiger partial charge in [-0.2, -0.15) is 0 Å². The van der Waals surface area contributed by atoms with Crippen molar-refractivity contribution >= 4 is 17.7 Å². The summed E-state index contributed by atoms with van der Waals surface area (Å²) in [6.45, 7) is 19.8. The second-order valence-corrected chi connectivity index (χ2v) is 25.9. The van der Waals surface area contributed by atoms with Crippen LogP contribution in [0.5, 0.6) is 0 Å². The lowest BCUT2D eigenvalue weighted by atomic mass is 9.91. The Labute approximate surface area is 523 Å². The zero-order valence-electron chi connectivity index (χ0n) is 57.4. The molecule has 1 aliphatic rings. The van der Waals surface area contributed by atoms with Crippen LogP contribution in [0, 0.1) is 5.92 Å². The SMILES string of the molecule is CCCCCCCCC(=O)OC(CCCCCCCC)CCCCCCCC.CCCCCCCCC(CCCCCCCC)OC(=C=O)CCCCCCCOC(CC)CCCCOCCCCCOCCCC(=O)CC1CCN(C)CC1. The molecule has 0 N–H and O–H groups in total. The first-order chi connectivity index (χ1) is 41.3. The number of allylic oxidation sites excluding steroid dienone is 1. The number of carbonyl (C=O) groups is 2. The number of rotatable bonds is 65. The van der Waals surface area contributed by atoms with Crippen LogP contribution >= 0.6 is 0 Å². The molecular formula is C75H145NO8. The molecule has 1 heterocycles. The largest absolute Gasteiger partial charge is 0.483 e. The minimum absolute atomic E-state index is 0.0532. The molecule has 0 aromatic carbocycles. The van der Waals surface area contributed by atoms with E-state index in [1.807, 2.05) is 0 Å². The molecule has 0 aromatic heterocycles. The third-order valence-corrected chi connectivity index (χ3v) is 17.6. The summed E-state index contributed by atoms with van der Waals surface area (Å²) in [6, 6.07) is 0. The zero-order chi connectivity index (χ0) is 61.3. The van der Waals surface area contributed by atoms with Gasteiger partial charge in [-0.05, 0) is 161 Å². The quantitative estimate of drug-likeness (QED) is 0.0255. The van der Waals surface area contributed by atoms with E-state index < -0.39 is 0 Å². The second kappa shape index (κ2) is 67.2. The first-order valence-corrected chi connectivity index (χ1v) is 37.3. The fraction of sp³-hybridized carbons (Fsp3) is 0.947. The van der Waals surface area contributed by atoms with Gasteiger partial charge in [-0.1, -0.05) is 221 Å². The number of hydrogen-bond donors (Lipinski definition) is 0. The fourth-order valence-corrected chi connectivity index (χ4v) is 11.8. The zero-order valence-corrected chi connectivity index (χ0v) is 57.4. The smallest absolute Gasteiger partial charge is 0.306 e. The average molecular weight is 1190 g/mol. The number of ketones is 1. The number of hydrogen-bond acceptors (Lipinski definition) is 9. The monoisotopic (exact) mass is 1190 g/mol. The highest BCUT2D eigenvalue weighted by Gasteiger charge is 2.20. The molecule has 0 aliphatic carbocycles. The molecule has 0 radical (unpaired) electrons. The Morgan fingerprint density at radius 2 is 0.738 bits per heavy atom. The van der Waals surface area contributed by atoms with Crippen molar-refractivity contribution in [3.05, 3.63) is 5.76 Å². The molecule has 9 heteroatoms. The topological polar surface area (TPSA) is 101 Å². The number of carbonyl (C=O) groups excluding carboxylic acids is 3. The third kappa shape index (κ3) is 59.2. The predicted molar refractivity (Wildman–Crippen MR) is 360 cm³/mol. The van der Waals surface area contributed by atoms with E-state index in [9.17, 15) is 14.4 Å². The normalized spacial score (nSPS) is 13.3. The summed E-state index contributed by atoms with van der Waals surface area (Å²) in [5.41, 5.74) is 0. The van der Waals surface area contributed by atoms with E-state index in [0.717, 1.165) is 155 Å². The maximum Gasteiger partial charge on any atom is 0.306 e. The van der Waals surface area contributed by atoms with Crippen LogP contribution in [-0.2, 0) is 38.1 Å². The van der Waals surface area contributed by atoms with E-state index in [-0.39, 0.29) is 18.2 Å². The Morgan fingerprint density at radius 1 is 0.393 bits per heavy atom. The van der Waals surface area contributed by atoms with Gasteiger partial charge < -0.3 is 28.6 Å². The summed E-state index contributed by atoms with van der Waals surface area (Å²) < 4.78 is 30.1. The number of ether oxygens (including phenoxy) is 5. The lowest BCUT2D eigenvalue weighted by Gasteiger charge is -2.28. The standard InChI is InChI=1S/C49H93NO6.C26H52O2/c1-5-8-10-12-15-20-31-48(32-21-16-13-11-9-6-2)56-49(44-51)33-22-17-14-18-26-42-55-47(7-3)30-23-27-40-53-38-24-19-25-39-54-41-28-29-46(52)43-45-34-36-50(4)37-35-45;1-4-7-10-13-16-19-22-25(23-20-17-14-11-8-5-2)28-26(27)24-21-18-15-12-9-6-3/h45,47-48H,5-43H2,1-4H3;25H,4-24H2,1-3H3. The van der Waals surface area contributed by atoms with Gasteiger partial charge in [-0.3, -0.25) is 9.59 Å². The van der Waals surface area contributed by atoms with E-state index in [1.54, 1.807) is 0 Å². The molecule has 0 spiro atoms.